The molecule has 1 N–H and O–H groups in total. The number of carbonyl (C=O) groups excluding carboxylic acids is 2. The largest absolute Gasteiger partial charge is 0.469 e. The minimum absolute atomic E-state index is 0.0976. The number of methoxy groups -OCH3 is 1. The number of esters is 1. The van der Waals surface area contributed by atoms with E-state index < -0.39 is 0 Å². The van der Waals surface area contributed by atoms with Crippen LogP contribution in [0.15, 0.2) is 42.7 Å². The van der Waals surface area contributed by atoms with Gasteiger partial charge in [0.25, 0.3) is 5.91 Å². The van der Waals surface area contributed by atoms with Crippen LogP contribution >= 0.6 is 0 Å². The number of hydrogen-bond acceptors (Lipinski definition) is 4. The van der Waals surface area contributed by atoms with Gasteiger partial charge in [-0.05, 0) is 35.6 Å². The van der Waals surface area contributed by atoms with Gasteiger partial charge in [-0.3, -0.25) is 14.6 Å². The van der Waals surface area contributed by atoms with Crippen LogP contribution in [0, 0.1) is 0 Å². The van der Waals surface area contributed by atoms with Crippen molar-refractivity contribution in [1.82, 2.24) is 10.3 Å². The van der Waals surface area contributed by atoms with Crippen molar-refractivity contribution in [1.29, 1.82) is 0 Å². The first-order valence-corrected chi connectivity index (χ1v) is 7.99. The van der Waals surface area contributed by atoms with Crippen molar-refractivity contribution in [2.24, 2.45) is 0 Å². The zero-order valence-electron chi connectivity index (χ0n) is 14.0. The Morgan fingerprint density at radius 2 is 1.79 bits per heavy atom. The number of aromatic nitrogens is 1. The number of nitrogens with zero attached hydrogens (tertiary/aromatic N) is 1. The molecule has 5 heteroatoms. The van der Waals surface area contributed by atoms with Gasteiger partial charge in [0.05, 0.1) is 19.1 Å². The number of pyridine rings is 1. The summed E-state index contributed by atoms with van der Waals surface area (Å²) in [6, 6.07) is 9.64. The lowest BCUT2D eigenvalue weighted by molar-refractivity contribution is -0.139. The van der Waals surface area contributed by atoms with Crippen molar-refractivity contribution in [3.63, 3.8) is 0 Å². The van der Waals surface area contributed by atoms with E-state index >= 15 is 0 Å². The highest BCUT2D eigenvalue weighted by molar-refractivity contribution is 5.94. The Morgan fingerprint density at radius 1 is 1.08 bits per heavy atom. The number of hydrogen-bond donors (Lipinski definition) is 1. The molecular formula is C19H22N2O3. The second-order valence-electron chi connectivity index (χ2n) is 5.58. The third kappa shape index (κ3) is 5.19. The molecule has 0 aliphatic rings. The van der Waals surface area contributed by atoms with Crippen molar-refractivity contribution in [2.75, 3.05) is 13.7 Å². The number of benzene rings is 1. The zero-order valence-corrected chi connectivity index (χ0v) is 14.0. The molecule has 0 unspecified atom stereocenters. The van der Waals surface area contributed by atoms with Crippen LogP contribution < -0.4 is 5.32 Å². The van der Waals surface area contributed by atoms with Gasteiger partial charge in [-0.2, -0.15) is 0 Å². The Morgan fingerprint density at radius 3 is 2.46 bits per heavy atom. The lowest BCUT2D eigenvalue weighted by atomic mass is 10.0. The van der Waals surface area contributed by atoms with E-state index in [0.717, 1.165) is 23.1 Å². The van der Waals surface area contributed by atoms with Crippen LogP contribution in [0.25, 0.3) is 0 Å². The minimum Gasteiger partial charge on any atom is -0.469 e. The van der Waals surface area contributed by atoms with Gasteiger partial charge in [-0.25, -0.2) is 0 Å². The molecule has 0 aliphatic heterocycles. The van der Waals surface area contributed by atoms with Crippen LogP contribution in [0.3, 0.4) is 0 Å². The Labute approximate surface area is 142 Å². The van der Waals surface area contributed by atoms with Crippen LogP contribution in [-0.2, 0) is 22.4 Å². The van der Waals surface area contributed by atoms with Crippen molar-refractivity contribution >= 4 is 11.9 Å². The van der Waals surface area contributed by atoms with Gasteiger partial charge in [-0.15, -0.1) is 0 Å². The van der Waals surface area contributed by atoms with Gasteiger partial charge in [0.15, 0.2) is 0 Å². The molecule has 1 amide bonds. The van der Waals surface area contributed by atoms with Gasteiger partial charge in [0.1, 0.15) is 0 Å². The monoisotopic (exact) mass is 326 g/mol. The maximum Gasteiger partial charge on any atom is 0.309 e. The number of amides is 1. The topological polar surface area (TPSA) is 68.3 Å². The highest BCUT2D eigenvalue weighted by atomic mass is 16.5. The van der Waals surface area contributed by atoms with Crippen molar-refractivity contribution in [2.45, 2.75) is 26.2 Å². The van der Waals surface area contributed by atoms with Crippen molar-refractivity contribution in [3.8, 4) is 0 Å². The van der Waals surface area contributed by atoms with Crippen LogP contribution in [0.5, 0.6) is 0 Å². The van der Waals surface area contributed by atoms with E-state index in [-0.39, 0.29) is 18.3 Å². The third-order valence-electron chi connectivity index (χ3n) is 3.60. The summed E-state index contributed by atoms with van der Waals surface area (Å²) < 4.78 is 4.66. The predicted molar refractivity (Wildman–Crippen MR) is 91.8 cm³/mol. The van der Waals surface area contributed by atoms with E-state index in [9.17, 15) is 9.59 Å². The second kappa shape index (κ2) is 8.82. The van der Waals surface area contributed by atoms with Gasteiger partial charge >= 0.3 is 5.97 Å². The van der Waals surface area contributed by atoms with Gasteiger partial charge in [-0.1, -0.05) is 31.2 Å². The molecule has 2 rings (SSSR count). The summed E-state index contributed by atoms with van der Waals surface area (Å²) in [6.45, 7) is 2.67. The quantitative estimate of drug-likeness (QED) is 0.794. The fourth-order valence-corrected chi connectivity index (χ4v) is 2.30. The Bertz CT molecular complexity index is 696. The molecule has 0 aliphatic carbocycles. The minimum atomic E-state index is -0.252. The molecule has 5 nitrogen and oxygen atoms in total. The van der Waals surface area contributed by atoms with E-state index in [1.165, 1.54) is 7.11 Å². The number of nitrogens with one attached hydrogen (secondary N) is 1. The van der Waals surface area contributed by atoms with Gasteiger partial charge < -0.3 is 10.1 Å². The van der Waals surface area contributed by atoms with E-state index in [1.807, 2.05) is 37.3 Å². The molecule has 0 radical (unpaired) electrons. The molecule has 0 fully saturated rings. The normalized spacial score (nSPS) is 10.2. The number of rotatable bonds is 7. The highest BCUT2D eigenvalue weighted by Gasteiger charge is 2.07. The van der Waals surface area contributed by atoms with Gasteiger partial charge in [0.2, 0.25) is 0 Å². The van der Waals surface area contributed by atoms with E-state index in [2.05, 4.69) is 15.0 Å². The second-order valence-corrected chi connectivity index (χ2v) is 5.58. The SMILES string of the molecule is CCCNC(=O)c1cncc(Cc2ccc(CC(=O)OC)cc2)c1. The maximum atomic E-state index is 12.0. The molecule has 0 spiro atoms. The molecule has 126 valence electrons. The molecule has 2 aromatic rings. The molecule has 24 heavy (non-hydrogen) atoms. The van der Waals surface area contributed by atoms with Crippen molar-refractivity contribution < 1.29 is 14.3 Å². The molecule has 0 saturated carbocycles. The maximum absolute atomic E-state index is 12.0. The Balaban J connectivity index is 2.03. The Hall–Kier alpha value is -2.69. The lowest BCUT2D eigenvalue weighted by Crippen LogP contribution is -2.24. The van der Waals surface area contributed by atoms with Crippen LogP contribution in [-0.4, -0.2) is 30.5 Å². The molecule has 0 atom stereocenters. The zero-order chi connectivity index (χ0) is 17.4. The summed E-state index contributed by atoms with van der Waals surface area (Å²) >= 11 is 0. The smallest absolute Gasteiger partial charge is 0.309 e. The third-order valence-corrected chi connectivity index (χ3v) is 3.60. The lowest BCUT2D eigenvalue weighted by Gasteiger charge is -2.07. The van der Waals surface area contributed by atoms with Gasteiger partial charge in [0, 0.05) is 18.9 Å². The summed E-state index contributed by atoms with van der Waals surface area (Å²) in [5, 5.41) is 2.85. The molecule has 0 saturated heterocycles. The molecule has 1 heterocycles. The van der Waals surface area contributed by atoms with Crippen molar-refractivity contribution in [3.05, 3.63) is 65.0 Å². The first-order chi connectivity index (χ1) is 11.6. The molecule has 1 aromatic carbocycles. The summed E-state index contributed by atoms with van der Waals surface area (Å²) in [7, 11) is 1.38. The molecule has 1 aromatic heterocycles. The van der Waals surface area contributed by atoms with Crippen LogP contribution in [0.4, 0.5) is 0 Å². The average molecular weight is 326 g/mol. The van der Waals surface area contributed by atoms with E-state index in [4.69, 9.17) is 0 Å². The fraction of sp³-hybridized carbons (Fsp3) is 0.316. The van der Waals surface area contributed by atoms with Crippen LogP contribution in [0.2, 0.25) is 0 Å². The number of ether oxygens (including phenoxy) is 1. The highest BCUT2D eigenvalue weighted by Crippen LogP contribution is 2.12. The standard InChI is InChI=1S/C19H22N2O3/c1-3-8-21-19(23)17-10-16(12-20-13-17)9-14-4-6-15(7-5-14)11-18(22)24-2/h4-7,10,12-13H,3,8-9,11H2,1-2H3,(H,21,23). The summed E-state index contributed by atoms with van der Waals surface area (Å²) in [4.78, 5) is 27.4. The summed E-state index contributed by atoms with van der Waals surface area (Å²) in [6.07, 6.45) is 5.19. The first-order valence-electron chi connectivity index (χ1n) is 7.99. The predicted octanol–water partition coefficient (Wildman–Crippen LogP) is 2.53. The number of carbonyl (C=O) groups is 2. The molecular weight excluding hydrogens is 304 g/mol. The van der Waals surface area contributed by atoms with E-state index in [0.29, 0.717) is 18.5 Å². The summed E-state index contributed by atoms with van der Waals surface area (Å²) in [5.41, 5.74) is 3.55. The fourth-order valence-electron chi connectivity index (χ4n) is 2.30. The van der Waals surface area contributed by atoms with E-state index in [1.54, 1.807) is 12.4 Å². The van der Waals surface area contributed by atoms with Crippen LogP contribution in [0.1, 0.15) is 40.4 Å². The Kier molecular flexibility index (Phi) is 6.49. The average Bonchev–Trinajstić information content (AvgIpc) is 2.61. The summed E-state index contributed by atoms with van der Waals surface area (Å²) in [5.74, 6) is -0.350. The molecule has 0 bridgehead atoms. The first kappa shape index (κ1) is 17.7.